The first kappa shape index (κ1) is 15.2. The van der Waals surface area contributed by atoms with E-state index >= 15 is 0 Å². The van der Waals surface area contributed by atoms with Crippen molar-refractivity contribution in [3.63, 3.8) is 0 Å². The van der Waals surface area contributed by atoms with E-state index in [1.165, 1.54) is 30.7 Å². The van der Waals surface area contributed by atoms with Gasteiger partial charge in [0, 0.05) is 17.5 Å². The van der Waals surface area contributed by atoms with Crippen LogP contribution in [0.25, 0.3) is 6.08 Å². The second-order valence-corrected chi connectivity index (χ2v) is 5.68. The summed E-state index contributed by atoms with van der Waals surface area (Å²) in [5.74, 6) is -0.501. The van der Waals surface area contributed by atoms with Crippen LogP contribution < -0.4 is 0 Å². The molecule has 0 spiro atoms. The molecule has 1 saturated carbocycles. The lowest BCUT2D eigenvalue weighted by molar-refractivity contribution is -0.385. The molecule has 3 rings (SSSR count). The smallest absolute Gasteiger partial charge is 0.363 e. The van der Waals surface area contributed by atoms with Crippen molar-refractivity contribution >= 4 is 23.6 Å². The summed E-state index contributed by atoms with van der Waals surface area (Å²) in [5.41, 5.74) is -0.191. The summed E-state index contributed by atoms with van der Waals surface area (Å²) < 4.78 is 5.23. The number of benzene rings is 1. The average Bonchev–Trinajstić information content (AvgIpc) is 2.91. The molecule has 0 saturated heterocycles. The first-order valence-corrected chi connectivity index (χ1v) is 7.55. The molecule has 7 nitrogen and oxygen atoms in total. The molecule has 1 aromatic carbocycles. The number of cyclic esters (lactones) is 1. The van der Waals surface area contributed by atoms with E-state index in [9.17, 15) is 20.0 Å². The van der Waals surface area contributed by atoms with Crippen LogP contribution in [0, 0.1) is 16.0 Å². The lowest BCUT2D eigenvalue weighted by atomic mass is 9.89. The fourth-order valence-electron chi connectivity index (χ4n) is 2.91. The Morgan fingerprint density at radius 2 is 2.04 bits per heavy atom. The molecule has 1 N–H and O–H groups in total. The predicted octanol–water partition coefficient (Wildman–Crippen LogP) is 3.18. The molecular weight excluding hydrogens is 300 g/mol. The van der Waals surface area contributed by atoms with Crippen LogP contribution in [0.3, 0.4) is 0 Å². The van der Waals surface area contributed by atoms with Crippen molar-refractivity contribution in [3.8, 4) is 5.75 Å². The fourth-order valence-corrected chi connectivity index (χ4v) is 2.91. The second kappa shape index (κ2) is 6.20. The molecule has 1 fully saturated rings. The molecule has 0 atom stereocenters. The number of esters is 1. The van der Waals surface area contributed by atoms with E-state index < -0.39 is 22.3 Å². The van der Waals surface area contributed by atoms with Crippen LogP contribution in [0.1, 0.15) is 37.7 Å². The maximum Gasteiger partial charge on any atom is 0.363 e. The monoisotopic (exact) mass is 316 g/mol. The largest absolute Gasteiger partial charge is 0.502 e. The van der Waals surface area contributed by atoms with Gasteiger partial charge in [-0.1, -0.05) is 31.4 Å². The summed E-state index contributed by atoms with van der Waals surface area (Å²) in [4.78, 5) is 26.3. The van der Waals surface area contributed by atoms with Gasteiger partial charge in [0.25, 0.3) is 0 Å². The third kappa shape index (κ3) is 3.08. The van der Waals surface area contributed by atoms with Crippen LogP contribution in [0.15, 0.2) is 28.9 Å². The number of aliphatic imine (C=N–C) groups is 1. The quantitative estimate of drug-likeness (QED) is 0.399. The van der Waals surface area contributed by atoms with Gasteiger partial charge in [-0.3, -0.25) is 10.1 Å². The van der Waals surface area contributed by atoms with Gasteiger partial charge in [0.1, 0.15) is 0 Å². The lowest BCUT2D eigenvalue weighted by Gasteiger charge is -2.19. The van der Waals surface area contributed by atoms with E-state index in [1.54, 1.807) is 0 Å². The maximum atomic E-state index is 11.9. The number of aromatic hydroxyl groups is 1. The van der Waals surface area contributed by atoms with Crippen molar-refractivity contribution < 1.29 is 19.6 Å². The van der Waals surface area contributed by atoms with Crippen LogP contribution in [-0.4, -0.2) is 21.9 Å². The number of para-hydroxylation sites is 1. The molecule has 120 valence electrons. The molecule has 0 amide bonds. The third-order valence-electron chi connectivity index (χ3n) is 4.13. The summed E-state index contributed by atoms with van der Waals surface area (Å²) in [6.45, 7) is 0. The zero-order valence-corrected chi connectivity index (χ0v) is 12.4. The van der Waals surface area contributed by atoms with E-state index in [1.807, 2.05) is 0 Å². The van der Waals surface area contributed by atoms with Gasteiger partial charge in [0.05, 0.1) is 4.92 Å². The van der Waals surface area contributed by atoms with Gasteiger partial charge in [0.15, 0.2) is 5.70 Å². The first-order chi connectivity index (χ1) is 11.1. The highest BCUT2D eigenvalue weighted by atomic mass is 16.6. The number of hydrogen-bond donors (Lipinski definition) is 1. The number of ether oxygens (including phenoxy) is 1. The molecule has 0 radical (unpaired) electrons. The van der Waals surface area contributed by atoms with E-state index in [-0.39, 0.29) is 17.2 Å². The SMILES string of the molecule is O=C1OC(C2CCCCC2)=N/C1=C\c1cccc([N+](=O)[O-])c1O. The molecule has 0 bridgehead atoms. The number of phenolic OH excluding ortho intramolecular Hbond substituents is 1. The number of carbonyl (C=O) groups is 1. The second-order valence-electron chi connectivity index (χ2n) is 5.68. The van der Waals surface area contributed by atoms with Crippen LogP contribution in [0.5, 0.6) is 5.75 Å². The van der Waals surface area contributed by atoms with Crippen LogP contribution >= 0.6 is 0 Å². The van der Waals surface area contributed by atoms with Crippen molar-refractivity contribution in [1.82, 2.24) is 0 Å². The summed E-state index contributed by atoms with van der Waals surface area (Å²) in [6.07, 6.45) is 6.57. The highest BCUT2D eigenvalue weighted by Crippen LogP contribution is 2.33. The molecule has 0 aromatic heterocycles. The van der Waals surface area contributed by atoms with Gasteiger partial charge in [-0.15, -0.1) is 0 Å². The van der Waals surface area contributed by atoms with Gasteiger partial charge in [-0.25, -0.2) is 9.79 Å². The molecule has 1 aromatic rings. The number of nitro groups is 1. The number of nitrogens with zero attached hydrogens (tertiary/aromatic N) is 2. The van der Waals surface area contributed by atoms with Gasteiger partial charge < -0.3 is 9.84 Å². The lowest BCUT2D eigenvalue weighted by Crippen LogP contribution is -2.19. The molecule has 7 heteroatoms. The summed E-state index contributed by atoms with van der Waals surface area (Å²) in [6, 6.07) is 4.12. The van der Waals surface area contributed by atoms with Crippen LogP contribution in [-0.2, 0) is 9.53 Å². The van der Waals surface area contributed by atoms with Crippen molar-refractivity contribution in [3.05, 3.63) is 39.6 Å². The molecule has 23 heavy (non-hydrogen) atoms. The van der Waals surface area contributed by atoms with Crippen molar-refractivity contribution in [1.29, 1.82) is 0 Å². The van der Waals surface area contributed by atoms with Gasteiger partial charge in [-0.2, -0.15) is 0 Å². The van der Waals surface area contributed by atoms with Gasteiger partial charge >= 0.3 is 11.7 Å². The van der Waals surface area contributed by atoms with E-state index in [0.29, 0.717) is 5.90 Å². The summed E-state index contributed by atoms with van der Waals surface area (Å²) >= 11 is 0. The Morgan fingerprint density at radius 3 is 2.74 bits per heavy atom. The minimum atomic E-state index is -0.680. The normalized spacial score (nSPS) is 20.4. The maximum absolute atomic E-state index is 11.9. The molecule has 0 unspecified atom stereocenters. The minimum Gasteiger partial charge on any atom is -0.502 e. The van der Waals surface area contributed by atoms with E-state index in [0.717, 1.165) is 25.7 Å². The zero-order valence-electron chi connectivity index (χ0n) is 12.4. The number of phenols is 1. The van der Waals surface area contributed by atoms with E-state index in [4.69, 9.17) is 4.74 Å². The number of nitro benzene ring substituents is 1. The van der Waals surface area contributed by atoms with Gasteiger partial charge in [-0.05, 0) is 18.9 Å². The van der Waals surface area contributed by atoms with E-state index in [2.05, 4.69) is 4.99 Å². The molecule has 2 aliphatic rings. The summed E-state index contributed by atoms with van der Waals surface area (Å²) in [5, 5.41) is 20.8. The Morgan fingerprint density at radius 1 is 1.30 bits per heavy atom. The minimum absolute atomic E-state index is 0.0568. The Balaban J connectivity index is 1.90. The highest BCUT2D eigenvalue weighted by Gasteiger charge is 2.30. The topological polar surface area (TPSA) is 102 Å². The molecular formula is C16H16N2O5. The average molecular weight is 316 g/mol. The molecule has 1 aliphatic heterocycles. The zero-order chi connectivity index (χ0) is 16.4. The molecule has 1 aliphatic carbocycles. The molecule has 1 heterocycles. The Hall–Kier alpha value is -2.70. The third-order valence-corrected chi connectivity index (χ3v) is 4.13. The first-order valence-electron chi connectivity index (χ1n) is 7.55. The predicted molar refractivity (Wildman–Crippen MR) is 82.8 cm³/mol. The van der Waals surface area contributed by atoms with Crippen LogP contribution in [0.4, 0.5) is 5.69 Å². The summed E-state index contributed by atoms with van der Waals surface area (Å²) in [7, 11) is 0. The standard InChI is InChI=1S/C16H16N2O5/c19-14-11(7-4-8-13(14)18(21)22)9-12-16(20)23-15(17-12)10-5-2-1-3-6-10/h4,7-10,19H,1-3,5-6H2/b12-9-. The van der Waals surface area contributed by atoms with Crippen molar-refractivity contribution in [2.24, 2.45) is 10.9 Å². The van der Waals surface area contributed by atoms with Crippen molar-refractivity contribution in [2.75, 3.05) is 0 Å². The van der Waals surface area contributed by atoms with Crippen LogP contribution in [0.2, 0.25) is 0 Å². The Labute approximate surface area is 132 Å². The number of carbonyl (C=O) groups excluding carboxylic acids is 1. The fraction of sp³-hybridized carbons (Fsp3) is 0.375. The Kier molecular flexibility index (Phi) is 4.10. The van der Waals surface area contributed by atoms with Crippen molar-refractivity contribution in [2.45, 2.75) is 32.1 Å². The van der Waals surface area contributed by atoms with Gasteiger partial charge in [0.2, 0.25) is 11.6 Å². The number of rotatable bonds is 3. The Bertz CT molecular complexity index is 717. The highest BCUT2D eigenvalue weighted by molar-refractivity contribution is 6.08. The number of hydrogen-bond acceptors (Lipinski definition) is 6.